The monoisotopic (exact) mass is 432 g/mol. The number of amides is 1. The van der Waals surface area contributed by atoms with Gasteiger partial charge in [-0.1, -0.05) is 0 Å². The molecule has 0 aromatic heterocycles. The van der Waals surface area contributed by atoms with Crippen LogP contribution in [0.4, 0.5) is 0 Å². The van der Waals surface area contributed by atoms with Gasteiger partial charge in [0.25, 0.3) is 6.47 Å². The van der Waals surface area contributed by atoms with Crippen molar-refractivity contribution in [2.45, 2.75) is 25.4 Å². The van der Waals surface area contributed by atoms with Crippen LogP contribution in [0.2, 0.25) is 0 Å². The highest BCUT2D eigenvalue weighted by Gasteiger charge is 2.47. The topological polar surface area (TPSA) is 88.5 Å². The first-order valence-corrected chi connectivity index (χ1v) is 10.5. The number of benzene rings is 1. The number of fused-ring (bicyclic) bond motifs is 1. The number of methoxy groups -OCH3 is 2. The highest BCUT2D eigenvalue weighted by Crippen LogP contribution is 2.41. The highest BCUT2D eigenvalue weighted by atomic mass is 16.5. The van der Waals surface area contributed by atoms with Crippen molar-refractivity contribution in [2.24, 2.45) is 5.41 Å². The zero-order valence-corrected chi connectivity index (χ0v) is 18.5. The molecule has 3 aliphatic rings. The molecule has 1 unspecified atom stereocenters. The van der Waals surface area contributed by atoms with Crippen LogP contribution in [0.5, 0.6) is 11.5 Å². The summed E-state index contributed by atoms with van der Waals surface area (Å²) in [7, 11) is 5.33. The minimum atomic E-state index is -0.250. The molecular formula is C23H32N2O6. The van der Waals surface area contributed by atoms with Crippen molar-refractivity contribution in [3.05, 3.63) is 29.3 Å². The third-order valence-electron chi connectivity index (χ3n) is 6.46. The maximum atomic E-state index is 12.9. The van der Waals surface area contributed by atoms with E-state index in [9.17, 15) is 4.79 Å². The van der Waals surface area contributed by atoms with Gasteiger partial charge < -0.3 is 24.2 Å². The van der Waals surface area contributed by atoms with Gasteiger partial charge in [-0.15, -0.1) is 0 Å². The molecule has 2 fully saturated rings. The minimum absolute atomic E-state index is 0.148. The lowest BCUT2D eigenvalue weighted by Gasteiger charge is -2.47. The van der Waals surface area contributed by atoms with Gasteiger partial charge in [0.1, 0.15) is 18.1 Å². The number of likely N-dealkylation sites (N-methyl/N-ethyl adjacent to an activating group) is 1. The van der Waals surface area contributed by atoms with E-state index in [1.54, 1.807) is 14.2 Å². The average molecular weight is 433 g/mol. The van der Waals surface area contributed by atoms with Crippen LogP contribution in [0.3, 0.4) is 0 Å². The second-order valence-electron chi connectivity index (χ2n) is 8.40. The Hall–Kier alpha value is -2.58. The minimum Gasteiger partial charge on any atom is -0.497 e. The Kier molecular flexibility index (Phi) is 7.56. The van der Waals surface area contributed by atoms with Crippen molar-refractivity contribution in [1.82, 2.24) is 9.80 Å². The zero-order valence-electron chi connectivity index (χ0n) is 18.5. The predicted octanol–water partition coefficient (Wildman–Crippen LogP) is 2.13. The summed E-state index contributed by atoms with van der Waals surface area (Å²) in [6.45, 7) is 3.81. The maximum Gasteiger partial charge on any atom is 0.290 e. The van der Waals surface area contributed by atoms with Gasteiger partial charge in [-0.3, -0.25) is 14.5 Å². The SMILES string of the molecule is COc1ccc2c(c1)C=C(CN1CCC3(CC1)CC(OC)CN(C)C3=O)CO2.O=CO. The third kappa shape index (κ3) is 5.19. The number of rotatable bonds is 4. The number of carboxylic acid groups (broad SMARTS) is 1. The first-order valence-electron chi connectivity index (χ1n) is 10.5. The molecule has 0 saturated carbocycles. The summed E-state index contributed by atoms with van der Waals surface area (Å²) in [6.07, 6.45) is 5.00. The number of carbonyl (C=O) groups excluding carboxylic acids is 1. The molecule has 0 radical (unpaired) electrons. The van der Waals surface area contributed by atoms with Crippen LogP contribution < -0.4 is 9.47 Å². The summed E-state index contributed by atoms with van der Waals surface area (Å²) in [6, 6.07) is 5.90. The summed E-state index contributed by atoms with van der Waals surface area (Å²) in [4.78, 5) is 25.5. The van der Waals surface area contributed by atoms with Crippen LogP contribution in [0.25, 0.3) is 6.08 Å². The highest BCUT2D eigenvalue weighted by molar-refractivity contribution is 5.83. The van der Waals surface area contributed by atoms with E-state index in [1.807, 2.05) is 30.1 Å². The molecule has 1 aromatic rings. The predicted molar refractivity (Wildman–Crippen MR) is 116 cm³/mol. The second kappa shape index (κ2) is 10.2. The third-order valence-corrected chi connectivity index (χ3v) is 6.46. The molecule has 2 saturated heterocycles. The van der Waals surface area contributed by atoms with E-state index in [0.717, 1.165) is 56.0 Å². The summed E-state index contributed by atoms with van der Waals surface area (Å²) >= 11 is 0. The lowest BCUT2D eigenvalue weighted by Crippen LogP contribution is -2.56. The van der Waals surface area contributed by atoms with Crippen molar-refractivity contribution >= 4 is 18.5 Å². The largest absolute Gasteiger partial charge is 0.497 e. The summed E-state index contributed by atoms with van der Waals surface area (Å²) in [5.41, 5.74) is 2.08. The van der Waals surface area contributed by atoms with Crippen molar-refractivity contribution in [3.63, 3.8) is 0 Å². The van der Waals surface area contributed by atoms with E-state index >= 15 is 0 Å². The molecule has 1 spiro atoms. The molecule has 0 aliphatic carbocycles. The van der Waals surface area contributed by atoms with Gasteiger partial charge in [-0.25, -0.2) is 0 Å². The average Bonchev–Trinajstić information content (AvgIpc) is 2.78. The van der Waals surface area contributed by atoms with Gasteiger partial charge in [0, 0.05) is 32.8 Å². The van der Waals surface area contributed by atoms with Gasteiger partial charge in [0.15, 0.2) is 0 Å². The number of piperidine rings is 2. The quantitative estimate of drug-likeness (QED) is 0.729. The number of likely N-dealkylation sites (tertiary alicyclic amines) is 2. The number of ether oxygens (including phenoxy) is 3. The Labute approximate surface area is 183 Å². The Balaban J connectivity index is 0.000000858. The van der Waals surface area contributed by atoms with Crippen LogP contribution >= 0.6 is 0 Å². The fraction of sp³-hybridized carbons (Fsp3) is 0.565. The zero-order chi connectivity index (χ0) is 22.4. The molecule has 3 heterocycles. The van der Waals surface area contributed by atoms with Crippen LogP contribution in [-0.2, 0) is 14.3 Å². The molecule has 1 N–H and O–H groups in total. The van der Waals surface area contributed by atoms with Crippen LogP contribution in [0, 0.1) is 5.41 Å². The maximum absolute atomic E-state index is 12.9. The van der Waals surface area contributed by atoms with E-state index in [-0.39, 0.29) is 18.0 Å². The van der Waals surface area contributed by atoms with Crippen molar-refractivity contribution in [3.8, 4) is 11.5 Å². The molecule has 170 valence electrons. The molecule has 0 bridgehead atoms. The van der Waals surface area contributed by atoms with E-state index in [0.29, 0.717) is 19.1 Å². The van der Waals surface area contributed by atoms with E-state index in [4.69, 9.17) is 24.1 Å². The molecular weight excluding hydrogens is 400 g/mol. The fourth-order valence-corrected chi connectivity index (χ4v) is 4.80. The Bertz CT molecular complexity index is 816. The fourth-order valence-electron chi connectivity index (χ4n) is 4.80. The molecule has 8 heteroatoms. The van der Waals surface area contributed by atoms with Gasteiger partial charge in [-0.2, -0.15) is 0 Å². The van der Waals surface area contributed by atoms with Crippen LogP contribution in [0.1, 0.15) is 24.8 Å². The molecule has 31 heavy (non-hydrogen) atoms. The number of hydrogen-bond donors (Lipinski definition) is 1. The molecule has 3 aliphatic heterocycles. The molecule has 1 aromatic carbocycles. The Morgan fingerprint density at radius 2 is 2.00 bits per heavy atom. The second-order valence-corrected chi connectivity index (χ2v) is 8.40. The van der Waals surface area contributed by atoms with Gasteiger partial charge in [0.05, 0.1) is 18.6 Å². The standard InChI is InChI=1S/C22H30N2O4.CH2O2/c1-23-14-19(27-3)12-22(21(23)25)6-8-24(9-7-22)13-16-10-17-11-18(26-2)4-5-20(17)28-15-16;2-1-3/h4-5,10-11,19H,6-9,12-15H2,1-3H3;1H,(H,2,3). The van der Waals surface area contributed by atoms with E-state index in [2.05, 4.69) is 11.0 Å². The van der Waals surface area contributed by atoms with E-state index in [1.165, 1.54) is 5.57 Å². The van der Waals surface area contributed by atoms with Crippen LogP contribution in [0.15, 0.2) is 23.8 Å². The normalized spacial score (nSPS) is 22.5. The lowest BCUT2D eigenvalue weighted by molar-refractivity contribution is -0.155. The van der Waals surface area contributed by atoms with Crippen molar-refractivity contribution in [1.29, 1.82) is 0 Å². The summed E-state index contributed by atoms with van der Waals surface area (Å²) < 4.78 is 16.8. The first kappa shape index (κ1) is 23.1. The summed E-state index contributed by atoms with van der Waals surface area (Å²) in [5.74, 6) is 2.04. The van der Waals surface area contributed by atoms with E-state index < -0.39 is 0 Å². The van der Waals surface area contributed by atoms with Gasteiger partial charge >= 0.3 is 0 Å². The first-order chi connectivity index (χ1) is 14.9. The summed E-state index contributed by atoms with van der Waals surface area (Å²) in [5, 5.41) is 6.89. The smallest absolute Gasteiger partial charge is 0.290 e. The van der Waals surface area contributed by atoms with Crippen molar-refractivity contribution in [2.75, 3.05) is 54.1 Å². The molecule has 4 rings (SSSR count). The Morgan fingerprint density at radius 1 is 1.29 bits per heavy atom. The van der Waals surface area contributed by atoms with Gasteiger partial charge in [-0.05, 0) is 62.2 Å². The molecule has 1 amide bonds. The number of carbonyl (C=O) groups is 2. The lowest BCUT2D eigenvalue weighted by atomic mass is 9.71. The molecule has 8 nitrogen and oxygen atoms in total. The number of hydrogen-bond acceptors (Lipinski definition) is 6. The van der Waals surface area contributed by atoms with Crippen LogP contribution in [-0.4, -0.2) is 87.4 Å². The Morgan fingerprint density at radius 3 is 2.65 bits per heavy atom. The van der Waals surface area contributed by atoms with Crippen molar-refractivity contribution < 1.29 is 28.9 Å². The van der Waals surface area contributed by atoms with Gasteiger partial charge in [0.2, 0.25) is 5.91 Å². The number of nitrogens with zero attached hydrogens (tertiary/aromatic N) is 2. The molecule has 1 atom stereocenters.